The van der Waals surface area contributed by atoms with Crippen LogP contribution in [0.2, 0.25) is 0 Å². The number of hydrogen-bond donors (Lipinski definition) is 0. The summed E-state index contributed by atoms with van der Waals surface area (Å²) in [4.78, 5) is 3.81. The molecule has 2 aromatic rings. The highest BCUT2D eigenvalue weighted by Crippen LogP contribution is 2.15. The van der Waals surface area contributed by atoms with Crippen LogP contribution in [0.1, 0.15) is 0 Å². The average Bonchev–Trinajstić information content (AvgIpc) is 2.33. The first kappa shape index (κ1) is 4.78. The highest BCUT2D eigenvalue weighted by molar-refractivity contribution is 7.17. The van der Waals surface area contributed by atoms with Crippen LogP contribution >= 0.6 is 11.3 Å². The third kappa shape index (κ3) is 0.664. The average molecular weight is 133 g/mol. The van der Waals surface area contributed by atoms with Crippen molar-refractivity contribution >= 4 is 21.4 Å². The van der Waals surface area contributed by atoms with Gasteiger partial charge in [0, 0.05) is 17.8 Å². The highest BCUT2D eigenvalue weighted by atomic mass is 32.1. The van der Waals surface area contributed by atoms with Crippen molar-refractivity contribution in [3.8, 4) is 0 Å². The van der Waals surface area contributed by atoms with E-state index in [1.807, 2.05) is 11.4 Å². The monoisotopic (exact) mass is 133 g/mol. The summed E-state index contributed by atoms with van der Waals surface area (Å²) < 4.78 is 1.13. The van der Waals surface area contributed by atoms with Crippen LogP contribution in [0.15, 0.2) is 17.6 Å². The van der Waals surface area contributed by atoms with E-state index in [1.165, 1.54) is 0 Å². The summed E-state index contributed by atoms with van der Waals surface area (Å²) in [7, 11) is 0. The second kappa shape index (κ2) is 1.71. The molecular formula is C7H3NS. The van der Waals surface area contributed by atoms with Crippen molar-refractivity contribution in [2.45, 2.75) is 0 Å². The predicted octanol–water partition coefficient (Wildman–Crippen LogP) is 1.90. The molecular weight excluding hydrogens is 130 g/mol. The van der Waals surface area contributed by atoms with Gasteiger partial charge in [-0.3, -0.25) is 0 Å². The Kier molecular flexibility index (Phi) is 0.909. The van der Waals surface area contributed by atoms with E-state index in [2.05, 4.69) is 17.2 Å². The molecule has 42 valence electrons. The zero-order chi connectivity index (χ0) is 6.10. The van der Waals surface area contributed by atoms with E-state index in [4.69, 9.17) is 0 Å². The maximum absolute atomic E-state index is 3.81. The molecule has 0 radical (unpaired) electrons. The van der Waals surface area contributed by atoms with Crippen molar-refractivity contribution in [3.05, 3.63) is 29.9 Å². The van der Waals surface area contributed by atoms with Crippen LogP contribution in [-0.4, -0.2) is 4.98 Å². The number of nitrogens with zero attached hydrogens (tertiary/aromatic N) is 1. The molecule has 0 bridgehead atoms. The number of fused-ring (bicyclic) bond motifs is 1. The zero-order valence-electron chi connectivity index (χ0n) is 4.59. The summed E-state index contributed by atoms with van der Waals surface area (Å²) in [6, 6.07) is 4.94. The topological polar surface area (TPSA) is 12.9 Å². The smallest absolute Gasteiger partial charge is 0.0875 e. The molecule has 0 aliphatic carbocycles. The summed E-state index contributed by atoms with van der Waals surface area (Å²) in [5, 5.41) is 3.18. The molecule has 0 atom stereocenters. The lowest BCUT2D eigenvalue weighted by molar-refractivity contribution is 1.39. The van der Waals surface area contributed by atoms with Gasteiger partial charge in [0.25, 0.3) is 0 Å². The van der Waals surface area contributed by atoms with Crippen LogP contribution in [0.3, 0.4) is 0 Å². The Morgan fingerprint density at radius 3 is 3.44 bits per heavy atom. The maximum atomic E-state index is 3.81. The first-order chi connectivity index (χ1) is 4.47. The maximum Gasteiger partial charge on any atom is 0.0875 e. The third-order valence-corrected chi connectivity index (χ3v) is 1.98. The van der Waals surface area contributed by atoms with Crippen molar-refractivity contribution < 1.29 is 0 Å². The molecule has 2 rings (SSSR count). The third-order valence-electron chi connectivity index (χ3n) is 1.13. The van der Waals surface area contributed by atoms with Crippen molar-refractivity contribution in [1.82, 2.24) is 4.98 Å². The Morgan fingerprint density at radius 1 is 1.56 bits per heavy atom. The van der Waals surface area contributed by atoms with E-state index in [9.17, 15) is 0 Å². The summed E-state index contributed by atoms with van der Waals surface area (Å²) in [6.07, 6.45) is 4.45. The minimum Gasteiger partial charge on any atom is -0.205 e. The van der Waals surface area contributed by atoms with Gasteiger partial charge < -0.3 is 0 Å². The molecule has 1 nitrogen and oxygen atoms in total. The Bertz CT molecular complexity index is 283. The molecule has 0 aromatic carbocycles. The quantitative estimate of drug-likeness (QED) is 0.534. The van der Waals surface area contributed by atoms with Gasteiger partial charge in [0.05, 0.1) is 4.70 Å². The molecule has 9 heavy (non-hydrogen) atoms. The van der Waals surface area contributed by atoms with Crippen molar-refractivity contribution in [2.75, 3.05) is 0 Å². The van der Waals surface area contributed by atoms with Gasteiger partial charge in [-0.15, -0.1) is 11.3 Å². The molecule has 0 saturated heterocycles. The predicted molar refractivity (Wildman–Crippen MR) is 37.3 cm³/mol. The van der Waals surface area contributed by atoms with Gasteiger partial charge in [0.2, 0.25) is 0 Å². The second-order valence-electron chi connectivity index (χ2n) is 1.70. The standard InChI is InChI=1S/C7H3NS/c1-3-8-5-6-2-4-9-7(1)6/h2,4-5H. The van der Waals surface area contributed by atoms with Gasteiger partial charge >= 0.3 is 0 Å². The fraction of sp³-hybridized carbons (Fsp3) is 0. The highest BCUT2D eigenvalue weighted by Gasteiger charge is 1.88. The minimum absolute atomic E-state index is 1.13. The van der Waals surface area contributed by atoms with Crippen LogP contribution in [-0.2, 0) is 0 Å². The minimum atomic E-state index is 1.13. The first-order valence-corrected chi connectivity index (χ1v) is 3.46. The summed E-state index contributed by atoms with van der Waals surface area (Å²) in [6.45, 7) is 0. The molecule has 0 saturated carbocycles. The van der Waals surface area contributed by atoms with E-state index in [-0.39, 0.29) is 0 Å². The Labute approximate surface area is 57.0 Å². The molecule has 2 heterocycles. The SMILES string of the molecule is c1ncc2ccsc2c#1. The number of thiophene rings is 1. The molecule has 0 unspecified atom stereocenters. The van der Waals surface area contributed by atoms with Gasteiger partial charge in [-0.1, -0.05) is 0 Å². The molecule has 2 heteroatoms. The van der Waals surface area contributed by atoms with Crippen LogP contribution in [0.25, 0.3) is 10.1 Å². The Morgan fingerprint density at radius 2 is 2.56 bits per heavy atom. The van der Waals surface area contributed by atoms with Crippen LogP contribution in [0, 0.1) is 12.3 Å². The summed E-state index contributed by atoms with van der Waals surface area (Å²) in [5.41, 5.74) is 0. The molecule has 0 aliphatic rings. The van der Waals surface area contributed by atoms with Crippen molar-refractivity contribution in [1.29, 1.82) is 0 Å². The van der Waals surface area contributed by atoms with Crippen LogP contribution in [0.4, 0.5) is 0 Å². The molecule has 0 N–H and O–H groups in total. The molecule has 2 aromatic heterocycles. The second-order valence-corrected chi connectivity index (χ2v) is 2.62. The molecule has 0 fully saturated rings. The van der Waals surface area contributed by atoms with E-state index in [0.717, 1.165) is 10.1 Å². The summed E-state index contributed by atoms with van der Waals surface area (Å²) in [5.74, 6) is 0. The zero-order valence-corrected chi connectivity index (χ0v) is 5.40. The lowest BCUT2D eigenvalue weighted by Crippen LogP contribution is -1.60. The fourth-order valence-corrected chi connectivity index (χ4v) is 1.42. The molecule has 0 aliphatic heterocycles. The Hall–Kier alpha value is -1.07. The van der Waals surface area contributed by atoms with E-state index >= 15 is 0 Å². The van der Waals surface area contributed by atoms with E-state index in [0.29, 0.717) is 0 Å². The summed E-state index contributed by atoms with van der Waals surface area (Å²) >= 11 is 1.66. The van der Waals surface area contributed by atoms with E-state index < -0.39 is 0 Å². The van der Waals surface area contributed by atoms with Crippen LogP contribution in [0.5, 0.6) is 0 Å². The van der Waals surface area contributed by atoms with Crippen LogP contribution < -0.4 is 0 Å². The molecule has 0 amide bonds. The fourth-order valence-electron chi connectivity index (χ4n) is 0.707. The van der Waals surface area contributed by atoms with Gasteiger partial charge in [-0.05, 0) is 17.5 Å². The van der Waals surface area contributed by atoms with Crippen molar-refractivity contribution in [3.63, 3.8) is 0 Å². The number of hydrogen-bond acceptors (Lipinski definition) is 2. The number of rotatable bonds is 0. The largest absolute Gasteiger partial charge is 0.205 e. The van der Waals surface area contributed by atoms with Crippen molar-refractivity contribution in [2.24, 2.45) is 0 Å². The lowest BCUT2D eigenvalue weighted by Gasteiger charge is -1.75. The van der Waals surface area contributed by atoms with Gasteiger partial charge in [0.1, 0.15) is 0 Å². The normalized spacial score (nSPS) is 9.33. The van der Waals surface area contributed by atoms with Gasteiger partial charge in [0.15, 0.2) is 0 Å². The van der Waals surface area contributed by atoms with Gasteiger partial charge in [-0.25, -0.2) is 4.98 Å². The molecule has 0 spiro atoms. The Balaban J connectivity index is 2.95. The first-order valence-electron chi connectivity index (χ1n) is 2.58. The van der Waals surface area contributed by atoms with Gasteiger partial charge in [-0.2, -0.15) is 0 Å². The number of aromatic nitrogens is 1. The lowest BCUT2D eigenvalue weighted by atomic mass is 10.4. The van der Waals surface area contributed by atoms with E-state index in [1.54, 1.807) is 17.5 Å².